The van der Waals surface area contributed by atoms with Crippen LogP contribution in [0.25, 0.3) is 0 Å². The van der Waals surface area contributed by atoms with Gasteiger partial charge in [0.1, 0.15) is 35.1 Å². The third-order valence-corrected chi connectivity index (χ3v) is 6.62. The number of nitrogens with zero attached hydrogens (tertiary/aromatic N) is 3. The Kier molecular flexibility index (Phi) is 5.14. The molecule has 2 aromatic heterocycles. The molecule has 1 aromatic carbocycles. The second-order valence-corrected chi connectivity index (χ2v) is 8.91. The van der Waals surface area contributed by atoms with Crippen LogP contribution in [0.1, 0.15) is 37.8 Å². The standard InChI is InChI=1S/C19H19F2N5O3S/c1-19(6-2-3-13(19)16-4-8-24-25-16)29-12-9-14(20)18(15(21)10-12)30(27,28)26-17-5-7-22-11-23-17/h4-5,7-11,13H,2-3,6H2,1H3,(H,24,25)(H,22,23,26)/t13-,19-/m1/s1. The number of sulfonamides is 1. The molecule has 11 heteroatoms. The van der Waals surface area contributed by atoms with E-state index in [-0.39, 0.29) is 17.5 Å². The topological polar surface area (TPSA) is 110 Å². The van der Waals surface area contributed by atoms with Crippen LogP contribution in [0.5, 0.6) is 5.75 Å². The third-order valence-electron chi connectivity index (χ3n) is 5.21. The fourth-order valence-corrected chi connectivity index (χ4v) is 4.99. The lowest BCUT2D eigenvalue weighted by atomic mass is 9.89. The first-order valence-electron chi connectivity index (χ1n) is 9.25. The van der Waals surface area contributed by atoms with Crippen LogP contribution in [0.3, 0.4) is 0 Å². The van der Waals surface area contributed by atoms with Crippen molar-refractivity contribution in [3.63, 3.8) is 0 Å². The van der Waals surface area contributed by atoms with Crippen LogP contribution in [-0.4, -0.2) is 34.2 Å². The number of H-pyrrole nitrogens is 1. The highest BCUT2D eigenvalue weighted by Gasteiger charge is 2.43. The van der Waals surface area contributed by atoms with Crippen LogP contribution in [0.4, 0.5) is 14.6 Å². The van der Waals surface area contributed by atoms with Gasteiger partial charge in [-0.3, -0.25) is 9.82 Å². The zero-order valence-corrected chi connectivity index (χ0v) is 16.8. The monoisotopic (exact) mass is 435 g/mol. The van der Waals surface area contributed by atoms with Crippen LogP contribution < -0.4 is 9.46 Å². The largest absolute Gasteiger partial charge is 0.487 e. The average Bonchev–Trinajstić information content (AvgIpc) is 3.30. The molecule has 2 N–H and O–H groups in total. The van der Waals surface area contributed by atoms with E-state index in [1.54, 1.807) is 6.20 Å². The summed E-state index contributed by atoms with van der Waals surface area (Å²) in [6.07, 6.45) is 6.43. The number of ether oxygens (including phenoxy) is 1. The molecule has 2 atom stereocenters. The first kappa shape index (κ1) is 20.2. The van der Waals surface area contributed by atoms with Gasteiger partial charge in [0.15, 0.2) is 4.90 Å². The van der Waals surface area contributed by atoms with E-state index in [0.29, 0.717) is 6.42 Å². The van der Waals surface area contributed by atoms with Crippen LogP contribution in [0, 0.1) is 11.6 Å². The number of halogens is 2. The first-order chi connectivity index (χ1) is 14.3. The number of nitrogens with one attached hydrogen (secondary N) is 2. The number of hydrogen-bond acceptors (Lipinski definition) is 6. The molecular formula is C19H19F2N5O3S. The van der Waals surface area contributed by atoms with Crippen molar-refractivity contribution >= 4 is 15.8 Å². The molecule has 4 rings (SSSR count). The quantitative estimate of drug-likeness (QED) is 0.614. The summed E-state index contributed by atoms with van der Waals surface area (Å²) in [7, 11) is -4.54. The SMILES string of the molecule is C[C@@]1(Oc2cc(F)c(S(=O)(=O)Nc3ccncn3)c(F)c2)CCC[C@@H]1c1ccn[nH]1. The minimum atomic E-state index is -4.54. The van der Waals surface area contributed by atoms with Crippen molar-refractivity contribution in [3.8, 4) is 5.75 Å². The van der Waals surface area contributed by atoms with Gasteiger partial charge >= 0.3 is 0 Å². The first-order valence-corrected chi connectivity index (χ1v) is 10.7. The minimum absolute atomic E-state index is 0.0334. The fourth-order valence-electron chi connectivity index (χ4n) is 3.87. The number of anilines is 1. The fraction of sp³-hybridized carbons (Fsp3) is 0.316. The Morgan fingerprint density at radius 2 is 2.00 bits per heavy atom. The number of hydrogen-bond donors (Lipinski definition) is 2. The van der Waals surface area contributed by atoms with Gasteiger partial charge in [-0.2, -0.15) is 5.10 Å². The van der Waals surface area contributed by atoms with Crippen molar-refractivity contribution in [3.05, 3.63) is 60.3 Å². The molecule has 3 aromatic rings. The van der Waals surface area contributed by atoms with E-state index in [1.165, 1.54) is 12.3 Å². The molecule has 1 fully saturated rings. The highest BCUT2D eigenvalue weighted by molar-refractivity contribution is 7.92. The van der Waals surface area contributed by atoms with Gasteiger partial charge in [0.25, 0.3) is 10.0 Å². The molecule has 0 radical (unpaired) electrons. The summed E-state index contributed by atoms with van der Waals surface area (Å²) in [6, 6.07) is 4.87. The summed E-state index contributed by atoms with van der Waals surface area (Å²) in [5.74, 6) is -2.74. The van der Waals surface area contributed by atoms with Crippen molar-refractivity contribution in [2.75, 3.05) is 4.72 Å². The second kappa shape index (κ2) is 7.63. The Hall–Kier alpha value is -3.08. The molecule has 0 unspecified atom stereocenters. The molecular weight excluding hydrogens is 416 g/mol. The lowest BCUT2D eigenvalue weighted by molar-refractivity contribution is 0.0755. The molecule has 0 saturated heterocycles. The van der Waals surface area contributed by atoms with Crippen LogP contribution >= 0.6 is 0 Å². The van der Waals surface area contributed by atoms with E-state index in [4.69, 9.17) is 4.74 Å². The van der Waals surface area contributed by atoms with Gasteiger partial charge in [-0.05, 0) is 38.3 Å². The average molecular weight is 435 g/mol. The summed E-state index contributed by atoms with van der Waals surface area (Å²) in [4.78, 5) is 6.25. The molecule has 1 aliphatic carbocycles. The Balaban J connectivity index is 1.61. The highest BCUT2D eigenvalue weighted by Crippen LogP contribution is 2.45. The zero-order chi connectivity index (χ0) is 21.4. The van der Waals surface area contributed by atoms with Crippen LogP contribution in [0.15, 0.2) is 47.9 Å². The predicted octanol–water partition coefficient (Wildman–Crippen LogP) is 3.38. The smallest absolute Gasteiger partial charge is 0.268 e. The maximum absolute atomic E-state index is 14.7. The van der Waals surface area contributed by atoms with Crippen molar-refractivity contribution in [2.24, 2.45) is 0 Å². The molecule has 1 saturated carbocycles. The molecule has 2 heterocycles. The maximum Gasteiger partial charge on any atom is 0.268 e. The minimum Gasteiger partial charge on any atom is -0.487 e. The number of rotatable bonds is 6. The summed E-state index contributed by atoms with van der Waals surface area (Å²) in [6.45, 7) is 1.86. The van der Waals surface area contributed by atoms with Crippen molar-refractivity contribution < 1.29 is 21.9 Å². The molecule has 0 aliphatic heterocycles. The maximum atomic E-state index is 14.7. The summed E-state index contributed by atoms with van der Waals surface area (Å²) < 4.78 is 62.3. The molecule has 0 spiro atoms. The number of benzene rings is 1. The molecule has 0 bridgehead atoms. The summed E-state index contributed by atoms with van der Waals surface area (Å²) in [5, 5.41) is 6.88. The molecule has 0 amide bonds. The van der Waals surface area contributed by atoms with Gasteiger partial charge < -0.3 is 4.74 Å². The molecule has 30 heavy (non-hydrogen) atoms. The van der Waals surface area contributed by atoms with Crippen molar-refractivity contribution in [1.29, 1.82) is 0 Å². The van der Waals surface area contributed by atoms with Gasteiger partial charge in [-0.25, -0.2) is 27.2 Å². The van der Waals surface area contributed by atoms with E-state index >= 15 is 0 Å². The van der Waals surface area contributed by atoms with E-state index in [2.05, 4.69) is 20.2 Å². The lowest BCUT2D eigenvalue weighted by Crippen LogP contribution is -2.35. The van der Waals surface area contributed by atoms with E-state index in [0.717, 1.165) is 37.0 Å². The van der Waals surface area contributed by atoms with Gasteiger partial charge in [0.05, 0.1) is 0 Å². The lowest BCUT2D eigenvalue weighted by Gasteiger charge is -2.32. The number of aromatic amines is 1. The van der Waals surface area contributed by atoms with Crippen LogP contribution in [0.2, 0.25) is 0 Å². The van der Waals surface area contributed by atoms with Crippen molar-refractivity contribution in [1.82, 2.24) is 20.2 Å². The van der Waals surface area contributed by atoms with Gasteiger partial charge in [-0.1, -0.05) is 0 Å². The molecule has 8 nitrogen and oxygen atoms in total. The third kappa shape index (κ3) is 3.84. The second-order valence-electron chi connectivity index (χ2n) is 7.29. The van der Waals surface area contributed by atoms with Gasteiger partial charge in [0.2, 0.25) is 0 Å². The zero-order valence-electron chi connectivity index (χ0n) is 16.0. The molecule has 158 valence electrons. The number of aromatic nitrogens is 4. The van der Waals surface area contributed by atoms with Gasteiger partial charge in [0, 0.05) is 36.1 Å². The van der Waals surface area contributed by atoms with E-state index in [9.17, 15) is 17.2 Å². The van der Waals surface area contributed by atoms with Crippen LogP contribution in [-0.2, 0) is 10.0 Å². The Morgan fingerprint density at radius 3 is 2.63 bits per heavy atom. The Labute approximate surface area is 171 Å². The normalized spacial score (nSPS) is 21.5. The van der Waals surface area contributed by atoms with E-state index < -0.39 is 32.2 Å². The van der Waals surface area contributed by atoms with Gasteiger partial charge in [-0.15, -0.1) is 0 Å². The summed E-state index contributed by atoms with van der Waals surface area (Å²) in [5.41, 5.74) is 0.162. The Bertz CT molecular complexity index is 1120. The highest BCUT2D eigenvalue weighted by atomic mass is 32.2. The summed E-state index contributed by atoms with van der Waals surface area (Å²) >= 11 is 0. The Morgan fingerprint density at radius 1 is 1.23 bits per heavy atom. The van der Waals surface area contributed by atoms with Crippen molar-refractivity contribution in [2.45, 2.75) is 42.6 Å². The predicted molar refractivity (Wildman–Crippen MR) is 103 cm³/mol. The molecule has 1 aliphatic rings. The van der Waals surface area contributed by atoms with E-state index in [1.807, 2.05) is 17.7 Å².